The van der Waals surface area contributed by atoms with E-state index >= 15 is 0 Å². The van der Waals surface area contributed by atoms with Crippen LogP contribution in [0.1, 0.15) is 25.1 Å². The number of carboxylic acids is 1. The Morgan fingerprint density at radius 1 is 1.27 bits per heavy atom. The summed E-state index contributed by atoms with van der Waals surface area (Å²) in [4.78, 5) is 14.6. The fourth-order valence-electron chi connectivity index (χ4n) is 2.60. The number of methoxy groups -OCH3 is 1. The van der Waals surface area contributed by atoms with Crippen LogP contribution >= 0.6 is 0 Å². The van der Waals surface area contributed by atoms with Crippen molar-refractivity contribution in [1.82, 2.24) is 4.98 Å². The Bertz CT molecular complexity index is 770. The summed E-state index contributed by atoms with van der Waals surface area (Å²) >= 11 is 0. The fourth-order valence-corrected chi connectivity index (χ4v) is 2.60. The number of pyridine rings is 1. The average molecular weight is 385 g/mol. The molecule has 0 spiro atoms. The Balaban J connectivity index is 2.68. The Labute approximate surface area is 143 Å². The normalized spacial score (nSPS) is 23.8. The molecule has 1 aliphatic heterocycles. The first-order valence-corrected chi connectivity index (χ1v) is 7.09. The van der Waals surface area contributed by atoms with E-state index < -0.39 is 52.7 Å². The number of ether oxygens (including phenoxy) is 2. The van der Waals surface area contributed by atoms with Crippen molar-refractivity contribution in [2.45, 2.75) is 31.8 Å². The lowest BCUT2D eigenvalue weighted by Crippen LogP contribution is -2.47. The van der Waals surface area contributed by atoms with Gasteiger partial charge in [0, 0.05) is 17.1 Å². The molecule has 26 heavy (non-hydrogen) atoms. The first-order valence-electron chi connectivity index (χ1n) is 7.09. The molecule has 2 rings (SSSR count). The number of aliphatic carboxylic acids is 1. The van der Waals surface area contributed by atoms with Crippen molar-refractivity contribution in [1.29, 1.82) is 0 Å². The predicted octanol–water partition coefficient (Wildman–Crippen LogP) is 3.89. The summed E-state index contributed by atoms with van der Waals surface area (Å²) < 4.78 is 87.9. The van der Waals surface area contributed by atoms with Crippen molar-refractivity contribution in [3.63, 3.8) is 0 Å². The molecule has 5 nitrogen and oxygen atoms in total. The molecule has 0 bridgehead atoms. The van der Waals surface area contributed by atoms with Gasteiger partial charge in [0.15, 0.2) is 0 Å². The molecule has 1 N–H and O–H groups in total. The number of carbonyl (C=O) groups is 1. The summed E-state index contributed by atoms with van der Waals surface area (Å²) in [7, 11) is 0.969. The van der Waals surface area contributed by atoms with E-state index in [9.17, 15) is 36.2 Å². The van der Waals surface area contributed by atoms with Crippen molar-refractivity contribution >= 4 is 11.5 Å². The number of hydrogen-bond donors (Lipinski definition) is 1. The summed E-state index contributed by atoms with van der Waals surface area (Å²) in [5.41, 5.74) is -4.97. The first-order chi connectivity index (χ1) is 11.7. The zero-order valence-corrected chi connectivity index (χ0v) is 13.6. The fraction of sp³-hybridized carbons (Fsp3) is 0.467. The third kappa shape index (κ3) is 3.06. The van der Waals surface area contributed by atoms with E-state index in [4.69, 9.17) is 9.47 Å². The third-order valence-electron chi connectivity index (χ3n) is 4.21. The topological polar surface area (TPSA) is 68.7 Å². The maximum absolute atomic E-state index is 13.4. The molecule has 1 aliphatic rings. The highest BCUT2D eigenvalue weighted by Gasteiger charge is 2.63. The van der Waals surface area contributed by atoms with E-state index in [0.29, 0.717) is 13.0 Å². The zero-order valence-electron chi connectivity index (χ0n) is 13.6. The van der Waals surface area contributed by atoms with Crippen LogP contribution in [0.15, 0.2) is 17.9 Å². The second kappa shape index (κ2) is 6.06. The van der Waals surface area contributed by atoms with Gasteiger partial charge in [-0.3, -0.25) is 0 Å². The Kier molecular flexibility index (Phi) is 4.63. The van der Waals surface area contributed by atoms with Gasteiger partial charge in [0.25, 0.3) is 0 Å². The predicted molar refractivity (Wildman–Crippen MR) is 75.1 cm³/mol. The summed E-state index contributed by atoms with van der Waals surface area (Å²) in [6.45, 7) is 1.73. The lowest BCUT2D eigenvalue weighted by molar-refractivity contribution is -0.262. The molecule has 0 radical (unpaired) electrons. The number of halogens is 6. The molecular formula is C15H13F6NO4. The number of aromatic nitrogens is 1. The maximum Gasteiger partial charge on any atom is 0.433 e. The highest BCUT2D eigenvalue weighted by molar-refractivity contribution is 5.97. The molecule has 1 aromatic rings. The Morgan fingerprint density at radius 3 is 2.27 bits per heavy atom. The van der Waals surface area contributed by atoms with Gasteiger partial charge >= 0.3 is 18.3 Å². The molecule has 2 atom stereocenters. The molecule has 0 amide bonds. The molecule has 0 aromatic carbocycles. The number of rotatable bonds is 3. The van der Waals surface area contributed by atoms with Crippen molar-refractivity contribution in [2.24, 2.45) is 5.92 Å². The maximum atomic E-state index is 13.4. The number of carboxylic acid groups (broad SMARTS) is 1. The smallest absolute Gasteiger partial charge is 0.433 e. The van der Waals surface area contributed by atoms with E-state index in [1.54, 1.807) is 0 Å². The van der Waals surface area contributed by atoms with E-state index in [1.165, 1.54) is 0 Å². The van der Waals surface area contributed by atoms with Crippen LogP contribution in [0.3, 0.4) is 0 Å². The molecule has 0 unspecified atom stereocenters. The Morgan fingerprint density at radius 2 is 1.85 bits per heavy atom. The van der Waals surface area contributed by atoms with Gasteiger partial charge in [0.05, 0.1) is 7.11 Å². The lowest BCUT2D eigenvalue weighted by atomic mass is 9.83. The minimum Gasteiger partial charge on any atom is -0.481 e. The quantitative estimate of drug-likeness (QED) is 0.800. The molecule has 0 fully saturated rings. The minimum atomic E-state index is -4.93. The highest BCUT2D eigenvalue weighted by atomic mass is 19.4. The van der Waals surface area contributed by atoms with Gasteiger partial charge in [-0.15, -0.1) is 0 Å². The van der Waals surface area contributed by atoms with Gasteiger partial charge in [-0.25, -0.2) is 9.78 Å². The summed E-state index contributed by atoms with van der Waals surface area (Å²) in [5, 5.41) is 9.22. The summed E-state index contributed by atoms with van der Waals surface area (Å²) in [6, 6.07) is 1.34. The molecule has 1 aromatic heterocycles. The second-order valence-electron chi connectivity index (χ2n) is 5.73. The minimum absolute atomic E-state index is 0.321. The van der Waals surface area contributed by atoms with Crippen molar-refractivity contribution in [3.05, 3.63) is 29.1 Å². The van der Waals surface area contributed by atoms with Crippen LogP contribution in [0, 0.1) is 5.92 Å². The van der Waals surface area contributed by atoms with Crippen molar-refractivity contribution in [2.75, 3.05) is 7.11 Å². The molecule has 11 heteroatoms. The number of alkyl halides is 6. The van der Waals surface area contributed by atoms with Crippen LogP contribution in [0.4, 0.5) is 26.3 Å². The van der Waals surface area contributed by atoms with Crippen molar-refractivity contribution < 1.29 is 45.7 Å². The van der Waals surface area contributed by atoms with E-state index in [0.717, 1.165) is 20.1 Å². The van der Waals surface area contributed by atoms with Crippen LogP contribution in [0.2, 0.25) is 0 Å². The van der Waals surface area contributed by atoms with E-state index in [1.807, 2.05) is 0 Å². The zero-order chi connectivity index (χ0) is 20.1. The van der Waals surface area contributed by atoms with Gasteiger partial charge < -0.3 is 14.6 Å². The first kappa shape index (κ1) is 19.9. The molecule has 0 saturated heterocycles. The van der Waals surface area contributed by atoms with Gasteiger partial charge in [0.1, 0.15) is 5.69 Å². The summed E-state index contributed by atoms with van der Waals surface area (Å²) in [5.74, 6) is -5.00. The van der Waals surface area contributed by atoms with E-state index in [-0.39, 0.29) is 5.56 Å². The van der Waals surface area contributed by atoms with Crippen LogP contribution in [-0.4, -0.2) is 34.9 Å². The SMILES string of the molecule is COc1nc(C(F)(F)F)ccc1C1=C(C(=O)O)O[C@@](C)(C(F)(F)F)[C@H]1C. The van der Waals surface area contributed by atoms with Gasteiger partial charge in [-0.05, 0) is 19.1 Å². The van der Waals surface area contributed by atoms with E-state index in [2.05, 4.69) is 4.98 Å². The van der Waals surface area contributed by atoms with Crippen LogP contribution < -0.4 is 4.74 Å². The van der Waals surface area contributed by atoms with Gasteiger partial charge in [0.2, 0.25) is 17.2 Å². The molecule has 2 heterocycles. The molecular weight excluding hydrogens is 372 g/mol. The highest BCUT2D eigenvalue weighted by Crippen LogP contribution is 2.53. The van der Waals surface area contributed by atoms with Crippen LogP contribution in [-0.2, 0) is 15.7 Å². The second-order valence-corrected chi connectivity index (χ2v) is 5.73. The van der Waals surface area contributed by atoms with Crippen LogP contribution in [0.25, 0.3) is 5.57 Å². The largest absolute Gasteiger partial charge is 0.481 e. The monoisotopic (exact) mass is 385 g/mol. The molecule has 0 saturated carbocycles. The molecule has 0 aliphatic carbocycles. The summed E-state index contributed by atoms with van der Waals surface area (Å²) in [6.07, 6.45) is -9.74. The van der Waals surface area contributed by atoms with Gasteiger partial charge in [-0.1, -0.05) is 6.92 Å². The van der Waals surface area contributed by atoms with Crippen LogP contribution in [0.5, 0.6) is 5.88 Å². The number of hydrogen-bond acceptors (Lipinski definition) is 4. The standard InChI is InChI=1S/C15H13F6NO4/c1-6-9(10(12(23)24)26-13(6,2)15(19,20)21)7-4-5-8(14(16,17)18)22-11(7)25-3/h4-6H,1-3H3,(H,23,24)/t6-,13+/m0/s1. The lowest BCUT2D eigenvalue weighted by Gasteiger charge is -2.32. The molecule has 144 valence electrons. The van der Waals surface area contributed by atoms with Gasteiger partial charge in [-0.2, -0.15) is 26.3 Å². The van der Waals surface area contributed by atoms with Crippen molar-refractivity contribution in [3.8, 4) is 5.88 Å². The number of nitrogens with zero attached hydrogens (tertiary/aromatic N) is 1. The third-order valence-corrected chi connectivity index (χ3v) is 4.21. The average Bonchev–Trinajstić information content (AvgIpc) is 2.79. The Hall–Kier alpha value is -2.46.